The zero-order chi connectivity index (χ0) is 12.8. The zero-order valence-electron chi connectivity index (χ0n) is 10.7. The molecule has 1 aromatic rings. The van der Waals surface area contributed by atoms with Gasteiger partial charge in [-0.3, -0.25) is 4.79 Å². The van der Waals surface area contributed by atoms with Crippen molar-refractivity contribution in [1.29, 1.82) is 0 Å². The highest BCUT2D eigenvalue weighted by Crippen LogP contribution is 2.17. The third-order valence-corrected chi connectivity index (χ3v) is 2.59. The Labute approximate surface area is 103 Å². The van der Waals surface area contributed by atoms with Crippen LogP contribution in [0.25, 0.3) is 0 Å². The van der Waals surface area contributed by atoms with E-state index in [1.54, 1.807) is 0 Å². The fourth-order valence-corrected chi connectivity index (χ4v) is 1.66. The van der Waals surface area contributed by atoms with Crippen LogP contribution in [0.15, 0.2) is 30.3 Å². The van der Waals surface area contributed by atoms with Crippen LogP contribution < -0.4 is 5.73 Å². The van der Waals surface area contributed by atoms with Crippen molar-refractivity contribution in [2.45, 2.75) is 39.3 Å². The van der Waals surface area contributed by atoms with E-state index >= 15 is 0 Å². The number of hydrogen-bond acceptors (Lipinski definition) is 3. The van der Waals surface area contributed by atoms with Crippen molar-refractivity contribution in [1.82, 2.24) is 0 Å². The van der Waals surface area contributed by atoms with Gasteiger partial charge in [0.1, 0.15) is 12.1 Å². The molecule has 0 radical (unpaired) electrons. The fraction of sp³-hybridized carbons (Fsp3) is 0.500. The second-order valence-corrected chi connectivity index (χ2v) is 4.73. The summed E-state index contributed by atoms with van der Waals surface area (Å²) in [4.78, 5) is 11.7. The van der Waals surface area contributed by atoms with Gasteiger partial charge in [-0.2, -0.15) is 0 Å². The quantitative estimate of drug-likeness (QED) is 0.798. The Morgan fingerprint density at radius 2 is 1.82 bits per heavy atom. The molecule has 2 unspecified atom stereocenters. The molecule has 2 N–H and O–H groups in total. The Kier molecular flexibility index (Phi) is 5.16. The van der Waals surface area contributed by atoms with Crippen LogP contribution in [0.5, 0.6) is 0 Å². The maximum atomic E-state index is 11.7. The fourth-order valence-electron chi connectivity index (χ4n) is 1.66. The first-order valence-electron chi connectivity index (χ1n) is 6.01. The highest BCUT2D eigenvalue weighted by molar-refractivity contribution is 5.75. The summed E-state index contributed by atoms with van der Waals surface area (Å²) < 4.78 is 5.34. The molecule has 17 heavy (non-hydrogen) atoms. The lowest BCUT2D eigenvalue weighted by atomic mass is 10.0. The predicted octanol–water partition coefficient (Wildman–Crippen LogP) is 2.66. The van der Waals surface area contributed by atoms with Gasteiger partial charge in [-0.15, -0.1) is 0 Å². The molecule has 1 aromatic carbocycles. The third kappa shape index (κ3) is 4.57. The maximum Gasteiger partial charge on any atom is 0.323 e. The largest absolute Gasteiger partial charge is 0.457 e. The molecule has 0 saturated carbocycles. The van der Waals surface area contributed by atoms with Crippen LogP contribution in [0.4, 0.5) is 0 Å². The number of benzene rings is 1. The van der Waals surface area contributed by atoms with Crippen LogP contribution in [0.3, 0.4) is 0 Å². The molecule has 0 fully saturated rings. The van der Waals surface area contributed by atoms with E-state index in [0.717, 1.165) is 5.56 Å². The van der Waals surface area contributed by atoms with E-state index in [9.17, 15) is 4.79 Å². The molecule has 0 bridgehead atoms. The molecular weight excluding hydrogens is 214 g/mol. The van der Waals surface area contributed by atoms with Crippen molar-refractivity contribution in [3.63, 3.8) is 0 Å². The molecule has 2 atom stereocenters. The molecule has 1 rings (SSSR count). The molecule has 0 saturated heterocycles. The minimum absolute atomic E-state index is 0.248. The molecule has 0 aromatic heterocycles. The highest BCUT2D eigenvalue weighted by Gasteiger charge is 2.19. The van der Waals surface area contributed by atoms with Gasteiger partial charge in [0.2, 0.25) is 0 Å². The van der Waals surface area contributed by atoms with Crippen LogP contribution >= 0.6 is 0 Å². The van der Waals surface area contributed by atoms with E-state index in [2.05, 4.69) is 0 Å². The summed E-state index contributed by atoms with van der Waals surface area (Å²) in [5, 5.41) is 0. The van der Waals surface area contributed by atoms with Gasteiger partial charge in [-0.25, -0.2) is 0 Å². The number of rotatable bonds is 5. The average Bonchev–Trinajstić information content (AvgIpc) is 2.29. The Bertz CT molecular complexity index is 348. The SMILES string of the molecule is CC(C)CC(N)C(=O)OC(C)c1ccccc1. The Morgan fingerprint density at radius 3 is 2.35 bits per heavy atom. The summed E-state index contributed by atoms with van der Waals surface area (Å²) in [5.74, 6) is 0.0691. The standard InChI is InChI=1S/C14H21NO2/c1-10(2)9-13(15)14(16)17-11(3)12-7-5-4-6-8-12/h4-8,10-11,13H,9,15H2,1-3H3. The first kappa shape index (κ1) is 13.7. The highest BCUT2D eigenvalue weighted by atomic mass is 16.5. The second-order valence-electron chi connectivity index (χ2n) is 4.73. The number of carbonyl (C=O) groups is 1. The van der Waals surface area contributed by atoms with E-state index in [4.69, 9.17) is 10.5 Å². The number of esters is 1. The monoisotopic (exact) mass is 235 g/mol. The van der Waals surface area contributed by atoms with Crippen molar-refractivity contribution in [3.05, 3.63) is 35.9 Å². The van der Waals surface area contributed by atoms with E-state index in [1.165, 1.54) is 0 Å². The van der Waals surface area contributed by atoms with E-state index in [1.807, 2.05) is 51.1 Å². The van der Waals surface area contributed by atoms with Gasteiger partial charge in [0.05, 0.1) is 0 Å². The van der Waals surface area contributed by atoms with E-state index in [0.29, 0.717) is 12.3 Å². The van der Waals surface area contributed by atoms with Gasteiger partial charge in [0.25, 0.3) is 0 Å². The maximum absolute atomic E-state index is 11.7. The molecule has 0 aliphatic heterocycles. The van der Waals surface area contributed by atoms with Crippen molar-refractivity contribution in [2.24, 2.45) is 11.7 Å². The van der Waals surface area contributed by atoms with Gasteiger partial charge < -0.3 is 10.5 Å². The topological polar surface area (TPSA) is 52.3 Å². The van der Waals surface area contributed by atoms with Crippen LogP contribution in [-0.4, -0.2) is 12.0 Å². The van der Waals surface area contributed by atoms with Crippen LogP contribution in [0.1, 0.15) is 38.9 Å². The summed E-state index contributed by atoms with van der Waals surface area (Å²) in [5.41, 5.74) is 6.75. The Morgan fingerprint density at radius 1 is 1.24 bits per heavy atom. The lowest BCUT2D eigenvalue weighted by Gasteiger charge is -2.18. The first-order valence-corrected chi connectivity index (χ1v) is 6.01. The van der Waals surface area contributed by atoms with Gasteiger partial charge in [-0.1, -0.05) is 44.2 Å². The smallest absolute Gasteiger partial charge is 0.323 e. The second kappa shape index (κ2) is 6.40. The molecule has 0 aliphatic carbocycles. The summed E-state index contributed by atoms with van der Waals surface area (Å²) >= 11 is 0. The van der Waals surface area contributed by atoms with Gasteiger partial charge >= 0.3 is 5.97 Å². The molecule has 0 amide bonds. The molecular formula is C14H21NO2. The summed E-state index contributed by atoms with van der Waals surface area (Å²) in [7, 11) is 0. The van der Waals surface area contributed by atoms with Crippen molar-refractivity contribution >= 4 is 5.97 Å². The lowest BCUT2D eigenvalue weighted by molar-refractivity contribution is -0.150. The summed E-state index contributed by atoms with van der Waals surface area (Å²) in [6.45, 7) is 5.93. The number of hydrogen-bond donors (Lipinski definition) is 1. The minimum Gasteiger partial charge on any atom is -0.457 e. The van der Waals surface area contributed by atoms with Gasteiger partial charge in [0, 0.05) is 0 Å². The third-order valence-electron chi connectivity index (χ3n) is 2.59. The number of ether oxygens (including phenoxy) is 1. The summed E-state index contributed by atoms with van der Waals surface area (Å²) in [6.07, 6.45) is 0.405. The van der Waals surface area contributed by atoms with Crippen molar-refractivity contribution in [2.75, 3.05) is 0 Å². The molecule has 3 heteroatoms. The van der Waals surface area contributed by atoms with Crippen molar-refractivity contribution in [3.8, 4) is 0 Å². The molecule has 94 valence electrons. The van der Waals surface area contributed by atoms with Crippen LogP contribution in [0.2, 0.25) is 0 Å². The van der Waals surface area contributed by atoms with Crippen molar-refractivity contribution < 1.29 is 9.53 Å². The molecule has 0 spiro atoms. The van der Waals surface area contributed by atoms with Crippen LogP contribution in [-0.2, 0) is 9.53 Å². The lowest BCUT2D eigenvalue weighted by Crippen LogP contribution is -2.34. The Balaban J connectivity index is 2.51. The predicted molar refractivity (Wildman–Crippen MR) is 68.4 cm³/mol. The van der Waals surface area contributed by atoms with Crippen LogP contribution in [0, 0.1) is 5.92 Å². The Hall–Kier alpha value is -1.35. The minimum atomic E-state index is -0.527. The van der Waals surface area contributed by atoms with E-state index < -0.39 is 6.04 Å². The average molecular weight is 235 g/mol. The molecule has 0 aliphatic rings. The number of nitrogens with two attached hydrogens (primary N) is 1. The number of carbonyl (C=O) groups excluding carboxylic acids is 1. The van der Waals surface area contributed by atoms with Gasteiger partial charge in [-0.05, 0) is 24.8 Å². The zero-order valence-corrected chi connectivity index (χ0v) is 10.7. The van der Waals surface area contributed by atoms with Gasteiger partial charge in [0.15, 0.2) is 0 Å². The first-order chi connectivity index (χ1) is 8.00. The normalized spacial score (nSPS) is 14.4. The summed E-state index contributed by atoms with van der Waals surface area (Å²) in [6, 6.07) is 9.13. The molecule has 3 nitrogen and oxygen atoms in total. The van der Waals surface area contributed by atoms with E-state index in [-0.39, 0.29) is 12.1 Å². The molecule has 0 heterocycles.